The first-order valence-corrected chi connectivity index (χ1v) is 5.67. The first kappa shape index (κ1) is 12.6. The standard InChI is InChI=1S/C12H11ClN2O3/c1-7(12(17)18-2)11(16)9-5-14-15-6-8(13)3-4-10(9)15/h3-7H,1-2H3. The molecule has 0 radical (unpaired) electrons. The number of hydrogen-bond acceptors (Lipinski definition) is 4. The number of carbonyl (C=O) groups is 2. The molecule has 5 nitrogen and oxygen atoms in total. The Bertz CT molecular complexity index is 621. The van der Waals surface area contributed by atoms with Crippen molar-refractivity contribution in [2.24, 2.45) is 5.92 Å². The van der Waals surface area contributed by atoms with Crippen LogP contribution in [0.3, 0.4) is 0 Å². The van der Waals surface area contributed by atoms with E-state index in [4.69, 9.17) is 11.6 Å². The van der Waals surface area contributed by atoms with Gasteiger partial charge in [0.1, 0.15) is 5.92 Å². The van der Waals surface area contributed by atoms with Crippen molar-refractivity contribution in [2.45, 2.75) is 6.92 Å². The minimum atomic E-state index is -0.848. The van der Waals surface area contributed by atoms with E-state index in [-0.39, 0.29) is 5.78 Å². The Kier molecular flexibility index (Phi) is 3.34. The van der Waals surface area contributed by atoms with E-state index >= 15 is 0 Å². The number of Topliss-reactive ketones (excluding diaryl/α,β-unsaturated/α-hetero) is 1. The lowest BCUT2D eigenvalue weighted by Crippen LogP contribution is -2.22. The Morgan fingerprint density at radius 3 is 2.83 bits per heavy atom. The number of esters is 1. The number of nitrogens with zero attached hydrogens (tertiary/aromatic N) is 2. The minimum Gasteiger partial charge on any atom is -0.468 e. The van der Waals surface area contributed by atoms with Gasteiger partial charge in [-0.15, -0.1) is 0 Å². The average molecular weight is 267 g/mol. The summed E-state index contributed by atoms with van der Waals surface area (Å²) >= 11 is 5.82. The molecule has 2 aromatic heterocycles. The monoisotopic (exact) mass is 266 g/mol. The van der Waals surface area contributed by atoms with Crippen LogP contribution in [-0.2, 0) is 9.53 Å². The van der Waals surface area contributed by atoms with Gasteiger partial charge in [0, 0.05) is 6.20 Å². The van der Waals surface area contributed by atoms with Gasteiger partial charge in [-0.1, -0.05) is 11.6 Å². The van der Waals surface area contributed by atoms with Gasteiger partial charge in [-0.2, -0.15) is 5.10 Å². The maximum atomic E-state index is 12.1. The van der Waals surface area contributed by atoms with Crippen LogP contribution in [0.25, 0.3) is 5.52 Å². The Morgan fingerprint density at radius 1 is 1.44 bits per heavy atom. The lowest BCUT2D eigenvalue weighted by molar-refractivity contribution is -0.143. The number of aromatic nitrogens is 2. The first-order chi connectivity index (χ1) is 8.54. The largest absolute Gasteiger partial charge is 0.468 e. The molecule has 0 aliphatic heterocycles. The number of methoxy groups -OCH3 is 1. The number of fused-ring (bicyclic) bond motifs is 1. The van der Waals surface area contributed by atoms with Gasteiger partial charge in [-0.3, -0.25) is 9.59 Å². The molecule has 0 amide bonds. The fraction of sp³-hybridized carbons (Fsp3) is 0.250. The van der Waals surface area contributed by atoms with Crippen LogP contribution in [0.15, 0.2) is 24.5 Å². The van der Waals surface area contributed by atoms with Gasteiger partial charge in [-0.25, -0.2) is 4.52 Å². The maximum Gasteiger partial charge on any atom is 0.316 e. The molecule has 1 unspecified atom stereocenters. The van der Waals surface area contributed by atoms with E-state index in [0.29, 0.717) is 16.1 Å². The van der Waals surface area contributed by atoms with E-state index < -0.39 is 11.9 Å². The zero-order valence-corrected chi connectivity index (χ0v) is 10.6. The van der Waals surface area contributed by atoms with Crippen molar-refractivity contribution in [3.63, 3.8) is 0 Å². The molecule has 94 valence electrons. The molecule has 18 heavy (non-hydrogen) atoms. The van der Waals surface area contributed by atoms with E-state index in [1.54, 1.807) is 18.3 Å². The Labute approximate surface area is 108 Å². The summed E-state index contributed by atoms with van der Waals surface area (Å²) in [6, 6.07) is 3.35. The molecule has 2 rings (SSSR count). The van der Waals surface area contributed by atoms with E-state index in [2.05, 4.69) is 9.84 Å². The highest BCUT2D eigenvalue weighted by Crippen LogP contribution is 2.18. The van der Waals surface area contributed by atoms with Gasteiger partial charge in [0.25, 0.3) is 0 Å². The number of hydrogen-bond donors (Lipinski definition) is 0. The lowest BCUT2D eigenvalue weighted by Gasteiger charge is -2.06. The summed E-state index contributed by atoms with van der Waals surface area (Å²) in [5.74, 6) is -1.73. The maximum absolute atomic E-state index is 12.1. The smallest absolute Gasteiger partial charge is 0.316 e. The van der Waals surface area contributed by atoms with E-state index in [1.165, 1.54) is 24.7 Å². The van der Waals surface area contributed by atoms with E-state index in [0.717, 1.165) is 0 Å². The van der Waals surface area contributed by atoms with E-state index in [9.17, 15) is 9.59 Å². The van der Waals surface area contributed by atoms with Crippen molar-refractivity contribution >= 4 is 28.9 Å². The minimum absolute atomic E-state index is 0.320. The van der Waals surface area contributed by atoms with Gasteiger partial charge in [-0.05, 0) is 19.1 Å². The molecule has 0 spiro atoms. The molecule has 0 saturated heterocycles. The van der Waals surface area contributed by atoms with E-state index in [1.807, 2.05) is 0 Å². The zero-order valence-electron chi connectivity index (χ0n) is 9.88. The molecule has 0 aromatic carbocycles. The van der Waals surface area contributed by atoms with Gasteiger partial charge in [0.05, 0.1) is 29.4 Å². The number of carbonyl (C=O) groups excluding carboxylic acids is 2. The van der Waals surface area contributed by atoms with Crippen LogP contribution in [0, 0.1) is 5.92 Å². The second-order valence-corrected chi connectivity index (χ2v) is 4.28. The normalized spacial score (nSPS) is 12.4. The highest BCUT2D eigenvalue weighted by molar-refractivity contribution is 6.30. The summed E-state index contributed by atoms with van der Waals surface area (Å²) < 4.78 is 6.05. The quantitative estimate of drug-likeness (QED) is 0.484. The second-order valence-electron chi connectivity index (χ2n) is 3.84. The van der Waals surface area contributed by atoms with Crippen molar-refractivity contribution in [3.8, 4) is 0 Å². The molecule has 0 aliphatic carbocycles. The predicted octanol–water partition coefficient (Wildman–Crippen LogP) is 1.98. The highest BCUT2D eigenvalue weighted by atomic mass is 35.5. The molecule has 2 aromatic rings. The van der Waals surface area contributed by atoms with Gasteiger partial charge in [0.15, 0.2) is 5.78 Å². The van der Waals surface area contributed by atoms with Crippen molar-refractivity contribution in [3.05, 3.63) is 35.1 Å². The van der Waals surface area contributed by atoms with Crippen LogP contribution in [0.5, 0.6) is 0 Å². The zero-order chi connectivity index (χ0) is 13.3. The summed E-state index contributed by atoms with van der Waals surface area (Å²) in [6.07, 6.45) is 3.02. The Balaban J connectivity index is 2.42. The highest BCUT2D eigenvalue weighted by Gasteiger charge is 2.25. The number of ketones is 1. The summed E-state index contributed by atoms with van der Waals surface area (Å²) in [6.45, 7) is 1.51. The average Bonchev–Trinajstić information content (AvgIpc) is 2.78. The summed E-state index contributed by atoms with van der Waals surface area (Å²) in [5.41, 5.74) is 0.990. The summed E-state index contributed by atoms with van der Waals surface area (Å²) in [5, 5.41) is 4.55. The van der Waals surface area contributed by atoms with Gasteiger partial charge in [0.2, 0.25) is 0 Å². The van der Waals surface area contributed by atoms with Gasteiger partial charge < -0.3 is 4.74 Å². The number of pyridine rings is 1. The van der Waals surface area contributed by atoms with Crippen LogP contribution < -0.4 is 0 Å². The molecule has 2 heterocycles. The van der Waals surface area contributed by atoms with Crippen LogP contribution in [0.4, 0.5) is 0 Å². The fourth-order valence-corrected chi connectivity index (χ4v) is 1.82. The molecule has 0 fully saturated rings. The first-order valence-electron chi connectivity index (χ1n) is 5.29. The molecule has 0 N–H and O–H groups in total. The van der Waals surface area contributed by atoms with Crippen LogP contribution in [0.1, 0.15) is 17.3 Å². The molecule has 6 heteroatoms. The Morgan fingerprint density at radius 2 is 2.17 bits per heavy atom. The van der Waals surface area contributed by atoms with Crippen molar-refractivity contribution in [2.75, 3.05) is 7.11 Å². The molecule has 0 saturated carbocycles. The molecule has 1 atom stereocenters. The molecule has 0 aliphatic rings. The van der Waals surface area contributed by atoms with Crippen molar-refractivity contribution in [1.29, 1.82) is 0 Å². The van der Waals surface area contributed by atoms with Crippen LogP contribution >= 0.6 is 11.6 Å². The fourth-order valence-electron chi connectivity index (χ4n) is 1.67. The molecule has 0 bridgehead atoms. The Hall–Kier alpha value is -1.88. The van der Waals surface area contributed by atoms with Crippen molar-refractivity contribution in [1.82, 2.24) is 9.61 Å². The lowest BCUT2D eigenvalue weighted by atomic mass is 10.0. The van der Waals surface area contributed by atoms with Crippen molar-refractivity contribution < 1.29 is 14.3 Å². The number of ether oxygens (including phenoxy) is 1. The molecular formula is C12H11ClN2O3. The SMILES string of the molecule is COC(=O)C(C)C(=O)c1cnn2cc(Cl)ccc12. The third kappa shape index (κ3) is 2.09. The topological polar surface area (TPSA) is 60.7 Å². The third-order valence-electron chi connectivity index (χ3n) is 2.69. The number of halogens is 1. The second kappa shape index (κ2) is 4.78. The number of rotatable bonds is 3. The third-order valence-corrected chi connectivity index (χ3v) is 2.92. The van der Waals surface area contributed by atoms with Crippen LogP contribution in [-0.4, -0.2) is 28.5 Å². The van der Waals surface area contributed by atoms with Gasteiger partial charge >= 0.3 is 5.97 Å². The predicted molar refractivity (Wildman–Crippen MR) is 65.7 cm³/mol. The molecular weight excluding hydrogens is 256 g/mol. The summed E-state index contributed by atoms with van der Waals surface area (Å²) in [7, 11) is 1.25. The van der Waals surface area contributed by atoms with Crippen LogP contribution in [0.2, 0.25) is 5.02 Å². The summed E-state index contributed by atoms with van der Waals surface area (Å²) in [4.78, 5) is 23.5.